The summed E-state index contributed by atoms with van der Waals surface area (Å²) in [7, 11) is 1.58. The Labute approximate surface area is 146 Å². The molecule has 0 unspecified atom stereocenters. The summed E-state index contributed by atoms with van der Waals surface area (Å²) in [5, 5.41) is 11.8. The van der Waals surface area contributed by atoms with Crippen LogP contribution < -0.4 is 14.8 Å². The number of nitrogens with one attached hydrogen (secondary N) is 1. The summed E-state index contributed by atoms with van der Waals surface area (Å²) < 4.78 is 10.6. The van der Waals surface area contributed by atoms with Crippen LogP contribution in [-0.2, 0) is 16.0 Å². The minimum Gasteiger partial charge on any atom is -0.496 e. The number of carbonyl (C=O) groups is 2. The number of amides is 1. The van der Waals surface area contributed by atoms with Gasteiger partial charge in [0, 0.05) is 6.42 Å². The lowest BCUT2D eigenvalue weighted by Gasteiger charge is -2.15. The quantitative estimate of drug-likeness (QED) is 0.767. The Hall–Kier alpha value is -3.02. The van der Waals surface area contributed by atoms with Gasteiger partial charge in [-0.3, -0.25) is 4.79 Å². The molecule has 2 aromatic rings. The molecule has 0 aromatic heterocycles. The fourth-order valence-corrected chi connectivity index (χ4v) is 2.38. The van der Waals surface area contributed by atoms with Crippen LogP contribution in [-0.4, -0.2) is 36.7 Å². The summed E-state index contributed by atoms with van der Waals surface area (Å²) in [4.78, 5) is 23.4. The van der Waals surface area contributed by atoms with Crippen LogP contribution in [0.3, 0.4) is 0 Å². The van der Waals surface area contributed by atoms with Gasteiger partial charge in [0.15, 0.2) is 6.61 Å². The van der Waals surface area contributed by atoms with E-state index in [0.29, 0.717) is 5.75 Å². The number of hydrogen-bond donors (Lipinski definition) is 2. The first-order chi connectivity index (χ1) is 12.0. The zero-order valence-electron chi connectivity index (χ0n) is 14.2. The molecule has 2 N–H and O–H groups in total. The molecule has 2 rings (SSSR count). The van der Waals surface area contributed by atoms with Crippen LogP contribution in [0.15, 0.2) is 48.5 Å². The van der Waals surface area contributed by atoms with E-state index in [2.05, 4.69) is 5.32 Å². The van der Waals surface area contributed by atoms with Gasteiger partial charge in [-0.1, -0.05) is 30.3 Å². The molecule has 0 saturated heterocycles. The van der Waals surface area contributed by atoms with Crippen LogP contribution in [0.25, 0.3) is 0 Å². The molecule has 0 fully saturated rings. The molecule has 2 aromatic carbocycles. The Morgan fingerprint density at radius 3 is 2.48 bits per heavy atom. The number of benzene rings is 2. The van der Waals surface area contributed by atoms with Crippen molar-refractivity contribution in [3.05, 3.63) is 59.7 Å². The van der Waals surface area contributed by atoms with Crippen molar-refractivity contribution < 1.29 is 24.2 Å². The Balaban J connectivity index is 1.90. The zero-order chi connectivity index (χ0) is 18.2. The Morgan fingerprint density at radius 2 is 1.88 bits per heavy atom. The number of carboxylic acid groups (broad SMARTS) is 1. The molecule has 6 heteroatoms. The maximum atomic E-state index is 12.0. The highest BCUT2D eigenvalue weighted by molar-refractivity contribution is 5.84. The molecule has 25 heavy (non-hydrogen) atoms. The predicted octanol–water partition coefficient (Wildman–Crippen LogP) is 2.19. The summed E-state index contributed by atoms with van der Waals surface area (Å²) in [6, 6.07) is 13.3. The summed E-state index contributed by atoms with van der Waals surface area (Å²) in [6.45, 7) is 1.61. The highest BCUT2D eigenvalue weighted by atomic mass is 16.5. The van der Waals surface area contributed by atoms with Crippen molar-refractivity contribution in [3.8, 4) is 11.5 Å². The van der Waals surface area contributed by atoms with Crippen molar-refractivity contribution in [1.29, 1.82) is 0 Å². The largest absolute Gasteiger partial charge is 0.496 e. The van der Waals surface area contributed by atoms with E-state index in [1.54, 1.807) is 25.3 Å². The first-order valence-corrected chi connectivity index (χ1v) is 7.83. The Morgan fingerprint density at radius 1 is 1.16 bits per heavy atom. The summed E-state index contributed by atoms with van der Waals surface area (Å²) in [5.74, 6) is -0.330. The number of ether oxygens (including phenoxy) is 2. The minimum absolute atomic E-state index is 0.212. The lowest BCUT2D eigenvalue weighted by molar-refractivity contribution is -0.142. The van der Waals surface area contributed by atoms with E-state index >= 15 is 0 Å². The van der Waals surface area contributed by atoms with Gasteiger partial charge in [-0.2, -0.15) is 0 Å². The third kappa shape index (κ3) is 5.53. The van der Waals surface area contributed by atoms with Gasteiger partial charge in [0.05, 0.1) is 7.11 Å². The second-order valence-electron chi connectivity index (χ2n) is 5.57. The molecule has 0 spiro atoms. The van der Waals surface area contributed by atoms with Crippen LogP contribution in [0.4, 0.5) is 0 Å². The van der Waals surface area contributed by atoms with Gasteiger partial charge in [0.25, 0.3) is 5.91 Å². The Kier molecular flexibility index (Phi) is 6.39. The van der Waals surface area contributed by atoms with Gasteiger partial charge in [-0.15, -0.1) is 0 Å². The number of methoxy groups -OCH3 is 1. The SMILES string of the molecule is COc1ccc(OCC(=O)N[C@H](Cc2ccccc2)C(=O)O)cc1C. The fraction of sp³-hybridized carbons (Fsp3) is 0.263. The molecule has 0 heterocycles. The lowest BCUT2D eigenvalue weighted by atomic mass is 10.1. The standard InChI is InChI=1S/C19H21NO5/c1-13-10-15(8-9-17(13)24-2)25-12-18(21)20-16(19(22)23)11-14-6-4-3-5-7-14/h3-10,16H,11-12H2,1-2H3,(H,20,21)(H,22,23)/t16-/m1/s1. The number of hydrogen-bond acceptors (Lipinski definition) is 4. The highest BCUT2D eigenvalue weighted by Gasteiger charge is 2.20. The molecule has 0 radical (unpaired) electrons. The van der Waals surface area contributed by atoms with Crippen molar-refractivity contribution in [2.45, 2.75) is 19.4 Å². The highest BCUT2D eigenvalue weighted by Crippen LogP contribution is 2.22. The number of carbonyl (C=O) groups excluding carboxylic acids is 1. The maximum absolute atomic E-state index is 12.0. The number of aliphatic carboxylic acids is 1. The van der Waals surface area contributed by atoms with Gasteiger partial charge >= 0.3 is 5.97 Å². The van der Waals surface area contributed by atoms with E-state index in [1.165, 1.54) is 0 Å². The molecule has 6 nitrogen and oxygen atoms in total. The third-order valence-corrected chi connectivity index (χ3v) is 3.65. The first-order valence-electron chi connectivity index (χ1n) is 7.83. The van der Waals surface area contributed by atoms with Crippen molar-refractivity contribution in [2.75, 3.05) is 13.7 Å². The maximum Gasteiger partial charge on any atom is 0.326 e. The average molecular weight is 343 g/mol. The van der Waals surface area contributed by atoms with Crippen LogP contribution in [0.2, 0.25) is 0 Å². The molecule has 0 aliphatic heterocycles. The topological polar surface area (TPSA) is 84.9 Å². The number of aryl methyl sites for hydroxylation is 1. The average Bonchev–Trinajstić information content (AvgIpc) is 2.60. The third-order valence-electron chi connectivity index (χ3n) is 3.65. The molecule has 1 amide bonds. The molecule has 0 bridgehead atoms. The number of carboxylic acids is 1. The van der Waals surface area contributed by atoms with Crippen LogP contribution in [0.1, 0.15) is 11.1 Å². The van der Waals surface area contributed by atoms with Crippen molar-refractivity contribution in [3.63, 3.8) is 0 Å². The van der Waals surface area contributed by atoms with E-state index in [4.69, 9.17) is 9.47 Å². The summed E-state index contributed by atoms with van der Waals surface area (Å²) >= 11 is 0. The monoisotopic (exact) mass is 343 g/mol. The molecular formula is C19H21NO5. The molecule has 1 atom stereocenters. The normalized spacial score (nSPS) is 11.4. The summed E-state index contributed by atoms with van der Waals surface area (Å²) in [6.07, 6.45) is 0.212. The van der Waals surface area contributed by atoms with Gasteiger partial charge in [0.1, 0.15) is 17.5 Å². The van der Waals surface area contributed by atoms with E-state index in [1.807, 2.05) is 37.3 Å². The van der Waals surface area contributed by atoms with Gasteiger partial charge < -0.3 is 19.9 Å². The van der Waals surface area contributed by atoms with Crippen molar-refractivity contribution in [2.24, 2.45) is 0 Å². The van der Waals surface area contributed by atoms with Crippen LogP contribution in [0.5, 0.6) is 11.5 Å². The lowest BCUT2D eigenvalue weighted by Crippen LogP contribution is -2.44. The van der Waals surface area contributed by atoms with Crippen molar-refractivity contribution >= 4 is 11.9 Å². The molecule has 132 valence electrons. The predicted molar refractivity (Wildman–Crippen MR) is 92.9 cm³/mol. The zero-order valence-corrected chi connectivity index (χ0v) is 14.2. The summed E-state index contributed by atoms with van der Waals surface area (Å²) in [5.41, 5.74) is 1.72. The molecule has 0 aliphatic carbocycles. The minimum atomic E-state index is -1.09. The van der Waals surface area contributed by atoms with E-state index in [0.717, 1.165) is 16.9 Å². The van der Waals surface area contributed by atoms with E-state index in [-0.39, 0.29) is 13.0 Å². The number of rotatable bonds is 8. The molecule has 0 saturated carbocycles. The van der Waals surface area contributed by atoms with Gasteiger partial charge in [-0.25, -0.2) is 4.79 Å². The smallest absolute Gasteiger partial charge is 0.326 e. The van der Waals surface area contributed by atoms with E-state index < -0.39 is 17.9 Å². The van der Waals surface area contributed by atoms with Crippen LogP contribution >= 0.6 is 0 Å². The molecular weight excluding hydrogens is 322 g/mol. The van der Waals surface area contributed by atoms with Gasteiger partial charge in [-0.05, 0) is 36.2 Å². The second-order valence-corrected chi connectivity index (χ2v) is 5.57. The Bertz CT molecular complexity index is 730. The van der Waals surface area contributed by atoms with Gasteiger partial charge in [0.2, 0.25) is 0 Å². The second kappa shape index (κ2) is 8.73. The fourth-order valence-electron chi connectivity index (χ4n) is 2.38. The molecule has 0 aliphatic rings. The van der Waals surface area contributed by atoms with E-state index in [9.17, 15) is 14.7 Å². The first kappa shape index (κ1) is 18.3. The van der Waals surface area contributed by atoms with Crippen LogP contribution in [0, 0.1) is 6.92 Å². The van der Waals surface area contributed by atoms with Crippen molar-refractivity contribution in [1.82, 2.24) is 5.32 Å².